The number of rotatable bonds is 23. The van der Waals surface area contributed by atoms with Gasteiger partial charge >= 0.3 is 17.9 Å². The fourth-order valence-corrected chi connectivity index (χ4v) is 9.09. The van der Waals surface area contributed by atoms with Crippen LogP contribution in [-0.4, -0.2) is 107 Å². The topological polar surface area (TPSA) is 139 Å². The van der Waals surface area contributed by atoms with Gasteiger partial charge < -0.3 is 15.3 Å². The Hall–Kier alpha value is -2.04. The van der Waals surface area contributed by atoms with E-state index in [-0.39, 0.29) is 24.3 Å². The molecule has 3 N–H and O–H groups in total. The van der Waals surface area contributed by atoms with Gasteiger partial charge in [-0.2, -0.15) is 0 Å². The highest BCUT2D eigenvalue weighted by atomic mass is 16.4. The highest BCUT2D eigenvalue weighted by molar-refractivity contribution is 5.77. The molecule has 0 spiro atoms. The zero-order valence-electron chi connectivity index (χ0n) is 36.5. The predicted octanol–water partition coefficient (Wildman–Crippen LogP) is 8.46. The van der Waals surface area contributed by atoms with Crippen LogP contribution in [0.2, 0.25) is 0 Å². The molecule has 0 bridgehead atoms. The molecule has 0 unspecified atom stereocenters. The molecule has 300 valence electrons. The Labute approximate surface area is 312 Å². The van der Waals surface area contributed by atoms with E-state index < -0.39 is 61.8 Å². The van der Waals surface area contributed by atoms with Gasteiger partial charge in [0.05, 0.1) is 16.2 Å². The minimum absolute atomic E-state index is 0.0548. The number of hydrogen-bond donors (Lipinski definition) is 3. The Morgan fingerprint density at radius 2 is 0.745 bits per heavy atom. The van der Waals surface area contributed by atoms with Crippen molar-refractivity contribution in [1.29, 1.82) is 0 Å². The van der Waals surface area contributed by atoms with Gasteiger partial charge in [0.15, 0.2) is 0 Å². The maximum Gasteiger partial charge on any atom is 0.310 e. The molecular weight excluding hydrogens is 646 g/mol. The molecule has 10 heteroatoms. The number of carbonyl (C=O) groups is 4. The van der Waals surface area contributed by atoms with E-state index in [2.05, 4.69) is 90.9 Å². The molecule has 10 nitrogen and oxygen atoms in total. The lowest BCUT2D eigenvalue weighted by Gasteiger charge is -2.60. The van der Waals surface area contributed by atoms with E-state index in [1.165, 1.54) is 0 Å². The van der Waals surface area contributed by atoms with Crippen molar-refractivity contribution in [2.75, 3.05) is 19.6 Å². The van der Waals surface area contributed by atoms with Gasteiger partial charge in [0.1, 0.15) is 5.78 Å². The van der Waals surface area contributed by atoms with E-state index >= 15 is 0 Å². The lowest BCUT2D eigenvalue weighted by molar-refractivity contribution is -0.157. The molecule has 0 amide bonds. The Morgan fingerprint density at radius 1 is 0.431 bits per heavy atom. The molecule has 0 aliphatic heterocycles. The van der Waals surface area contributed by atoms with Crippen molar-refractivity contribution in [2.45, 2.75) is 204 Å². The van der Waals surface area contributed by atoms with Gasteiger partial charge in [0.2, 0.25) is 0 Å². The molecule has 0 atom stereocenters. The molecule has 0 saturated heterocycles. The van der Waals surface area contributed by atoms with Crippen LogP contribution < -0.4 is 0 Å². The minimum atomic E-state index is -1.14. The quantitative estimate of drug-likeness (QED) is 0.0941. The van der Waals surface area contributed by atoms with Crippen molar-refractivity contribution in [3.8, 4) is 0 Å². The Bertz CT molecular complexity index is 1240. The molecule has 0 saturated carbocycles. The molecule has 0 aromatic rings. The molecule has 0 aromatic heterocycles. The smallest absolute Gasteiger partial charge is 0.310 e. The third-order valence-corrected chi connectivity index (χ3v) is 11.1. The van der Waals surface area contributed by atoms with Crippen LogP contribution >= 0.6 is 0 Å². The van der Waals surface area contributed by atoms with Crippen LogP contribution in [0.3, 0.4) is 0 Å². The van der Waals surface area contributed by atoms with Crippen molar-refractivity contribution in [1.82, 2.24) is 14.7 Å². The second-order valence-corrected chi connectivity index (χ2v) is 21.2. The predicted molar refractivity (Wildman–Crippen MR) is 208 cm³/mol. The maximum absolute atomic E-state index is 12.8. The first-order chi connectivity index (χ1) is 22.2. The lowest BCUT2D eigenvalue weighted by Crippen LogP contribution is -2.69. The molecule has 0 heterocycles. The third-order valence-electron chi connectivity index (χ3n) is 11.1. The molecule has 0 aliphatic rings. The molecule has 0 aromatic carbocycles. The summed E-state index contributed by atoms with van der Waals surface area (Å²) in [7, 11) is 0. The number of carboxylic acid groups (broad SMARTS) is 3. The van der Waals surface area contributed by atoms with E-state index in [1.807, 2.05) is 13.8 Å². The molecular formula is C41H79N3O7. The van der Waals surface area contributed by atoms with Gasteiger partial charge in [-0.3, -0.25) is 33.9 Å². The average molecular weight is 726 g/mol. The van der Waals surface area contributed by atoms with Gasteiger partial charge in [-0.05, 0) is 151 Å². The van der Waals surface area contributed by atoms with Crippen molar-refractivity contribution in [3.63, 3.8) is 0 Å². The van der Waals surface area contributed by atoms with Gasteiger partial charge in [-0.1, -0.05) is 13.3 Å². The minimum Gasteiger partial charge on any atom is -0.481 e. The number of carbonyl (C=O) groups excluding carboxylic acids is 1. The highest BCUT2D eigenvalue weighted by Crippen LogP contribution is 2.44. The van der Waals surface area contributed by atoms with E-state index in [1.54, 1.807) is 48.5 Å². The molecule has 0 fully saturated rings. The molecule has 0 radical (unpaired) electrons. The van der Waals surface area contributed by atoms with Gasteiger partial charge in [0.25, 0.3) is 0 Å². The summed E-state index contributed by atoms with van der Waals surface area (Å²) in [6.45, 7) is 40.5. The van der Waals surface area contributed by atoms with Crippen LogP contribution in [0, 0.1) is 16.2 Å². The first-order valence-electron chi connectivity index (χ1n) is 18.8. The van der Waals surface area contributed by atoms with Gasteiger partial charge in [-0.25, -0.2) is 0 Å². The van der Waals surface area contributed by atoms with Crippen LogP contribution in [0.25, 0.3) is 0 Å². The van der Waals surface area contributed by atoms with E-state index in [0.717, 1.165) is 12.8 Å². The van der Waals surface area contributed by atoms with Crippen molar-refractivity contribution in [3.05, 3.63) is 0 Å². The summed E-state index contributed by atoms with van der Waals surface area (Å²) in [5, 5.41) is 30.6. The highest BCUT2D eigenvalue weighted by Gasteiger charge is 2.52. The van der Waals surface area contributed by atoms with Gasteiger partial charge in [0, 0.05) is 59.3 Å². The van der Waals surface area contributed by atoms with Crippen LogP contribution in [0.15, 0.2) is 0 Å². The fourth-order valence-electron chi connectivity index (χ4n) is 9.09. The number of ketones is 1. The summed E-state index contributed by atoms with van der Waals surface area (Å²) >= 11 is 0. The number of Topliss-reactive ketones (excluding diaryl/α,β-unsaturated/α-hetero) is 1. The molecule has 0 aliphatic carbocycles. The maximum atomic E-state index is 12.8. The lowest BCUT2D eigenvalue weighted by atomic mass is 9.74. The van der Waals surface area contributed by atoms with Crippen LogP contribution in [0.5, 0.6) is 0 Å². The largest absolute Gasteiger partial charge is 0.481 e. The number of hydrogen-bond acceptors (Lipinski definition) is 7. The second kappa shape index (κ2) is 16.1. The summed E-state index contributed by atoms with van der Waals surface area (Å²) in [6, 6.07) is 0. The van der Waals surface area contributed by atoms with E-state index in [0.29, 0.717) is 25.9 Å². The monoisotopic (exact) mass is 726 g/mol. The van der Waals surface area contributed by atoms with Gasteiger partial charge in [-0.15, -0.1) is 0 Å². The summed E-state index contributed by atoms with van der Waals surface area (Å²) < 4.78 is 0. The summed E-state index contributed by atoms with van der Waals surface area (Å²) in [5.74, 6) is -2.65. The average Bonchev–Trinajstić information content (AvgIpc) is 2.86. The normalized spacial score (nSPS) is 14.8. The zero-order valence-corrected chi connectivity index (χ0v) is 36.5. The number of carboxylic acids is 3. The number of aliphatic carboxylic acids is 3. The fraction of sp³-hybridized carbons (Fsp3) is 0.902. The van der Waals surface area contributed by atoms with Crippen LogP contribution in [0.4, 0.5) is 0 Å². The summed E-state index contributed by atoms with van der Waals surface area (Å²) in [4.78, 5) is 57.1. The Morgan fingerprint density at radius 3 is 1.06 bits per heavy atom. The molecule has 51 heavy (non-hydrogen) atoms. The first-order valence-corrected chi connectivity index (χ1v) is 18.8. The van der Waals surface area contributed by atoms with E-state index in [4.69, 9.17) is 0 Å². The molecule has 0 rings (SSSR count). The first kappa shape index (κ1) is 49.0. The van der Waals surface area contributed by atoms with Crippen LogP contribution in [-0.2, 0) is 19.2 Å². The number of nitrogens with zero attached hydrogens (tertiary/aromatic N) is 3. The third kappa shape index (κ3) is 13.1. The van der Waals surface area contributed by atoms with Crippen molar-refractivity contribution < 1.29 is 34.5 Å². The van der Waals surface area contributed by atoms with Crippen molar-refractivity contribution in [2.24, 2.45) is 16.2 Å². The standard InChI is InChI=1S/C41H79N3O7/c1-21-22-36(9,10)42(26-34(5,6)31(48)49)39(15,16)25-40(17,18)44(37(11,12)23-29(2)45)28-41(19,20)43(27-35(7,8)32(50)51)38(13,14)24-33(3,4)30(46)47/h21-28H2,1-20H3,(H,46,47)(H,48,49)(H,50,51). The zero-order chi connectivity index (χ0) is 41.2. The second-order valence-electron chi connectivity index (χ2n) is 21.2. The van der Waals surface area contributed by atoms with Crippen molar-refractivity contribution >= 4 is 23.7 Å². The SMILES string of the molecule is CCCC(C)(C)N(CC(C)(C)C(=O)O)C(C)(C)CC(C)(C)N(CC(C)(C)N(CC(C)(C)C(=O)O)C(C)(C)CC(C)(C)C(=O)O)C(C)(C)CC(C)=O. The summed E-state index contributed by atoms with van der Waals surface area (Å²) in [5.41, 5.74) is -6.60. The summed E-state index contributed by atoms with van der Waals surface area (Å²) in [6.07, 6.45) is 3.04. The van der Waals surface area contributed by atoms with Crippen LogP contribution in [0.1, 0.15) is 171 Å². The van der Waals surface area contributed by atoms with E-state index in [9.17, 15) is 34.5 Å². The Balaban J connectivity index is 7.57. The Kier molecular flexibility index (Phi) is 15.5.